The molecule has 0 amide bonds. The summed E-state index contributed by atoms with van der Waals surface area (Å²) < 4.78 is 17.0. The van der Waals surface area contributed by atoms with E-state index in [2.05, 4.69) is 15.6 Å². The van der Waals surface area contributed by atoms with Gasteiger partial charge in [-0.1, -0.05) is 18.2 Å². The van der Waals surface area contributed by atoms with Gasteiger partial charge in [-0.3, -0.25) is 4.99 Å². The molecular formula is C19H32IN3O3. The van der Waals surface area contributed by atoms with Crippen molar-refractivity contribution in [3.63, 3.8) is 0 Å². The summed E-state index contributed by atoms with van der Waals surface area (Å²) in [5.74, 6) is 1.66. The van der Waals surface area contributed by atoms with Crippen LogP contribution in [0.5, 0.6) is 5.75 Å². The highest BCUT2D eigenvalue weighted by Crippen LogP contribution is 2.12. The van der Waals surface area contributed by atoms with E-state index < -0.39 is 0 Å². The summed E-state index contributed by atoms with van der Waals surface area (Å²) in [6.07, 6.45) is 3.56. The highest BCUT2D eigenvalue weighted by molar-refractivity contribution is 14.0. The van der Waals surface area contributed by atoms with Crippen molar-refractivity contribution in [2.45, 2.75) is 38.4 Å². The molecule has 1 heterocycles. The molecule has 0 radical (unpaired) electrons. The van der Waals surface area contributed by atoms with Crippen LogP contribution in [-0.2, 0) is 9.47 Å². The summed E-state index contributed by atoms with van der Waals surface area (Å²) in [4.78, 5) is 4.23. The van der Waals surface area contributed by atoms with Crippen molar-refractivity contribution < 1.29 is 14.2 Å². The standard InChI is InChI=1S/C19H31N3O3.HI/c1-16(25-17-8-4-3-5-9-17)14-22-19(20-2)21-11-7-12-23-15-18-10-6-13-24-18;/h3-5,8-9,16,18H,6-7,10-15H2,1-2H3,(H2,20,21,22);1H. The molecule has 2 unspecified atom stereocenters. The van der Waals surface area contributed by atoms with Crippen molar-refractivity contribution in [3.05, 3.63) is 30.3 Å². The Morgan fingerprint density at radius 3 is 2.81 bits per heavy atom. The second kappa shape index (κ2) is 14.1. The van der Waals surface area contributed by atoms with E-state index in [1.807, 2.05) is 37.3 Å². The maximum atomic E-state index is 5.84. The van der Waals surface area contributed by atoms with E-state index in [4.69, 9.17) is 14.2 Å². The van der Waals surface area contributed by atoms with Gasteiger partial charge < -0.3 is 24.8 Å². The van der Waals surface area contributed by atoms with Crippen LogP contribution < -0.4 is 15.4 Å². The topological polar surface area (TPSA) is 64.1 Å². The number of para-hydroxylation sites is 1. The van der Waals surface area contributed by atoms with E-state index >= 15 is 0 Å². The van der Waals surface area contributed by atoms with Crippen LogP contribution in [0.2, 0.25) is 0 Å². The Morgan fingerprint density at radius 2 is 2.12 bits per heavy atom. The van der Waals surface area contributed by atoms with Gasteiger partial charge in [0.25, 0.3) is 0 Å². The van der Waals surface area contributed by atoms with Crippen LogP contribution in [0.4, 0.5) is 0 Å². The van der Waals surface area contributed by atoms with Crippen molar-refractivity contribution in [2.24, 2.45) is 4.99 Å². The number of nitrogens with zero attached hydrogens (tertiary/aromatic N) is 1. The van der Waals surface area contributed by atoms with Gasteiger partial charge in [-0.15, -0.1) is 24.0 Å². The molecule has 6 nitrogen and oxygen atoms in total. The third-order valence-corrected chi connectivity index (χ3v) is 3.95. The van der Waals surface area contributed by atoms with E-state index in [0.717, 1.165) is 50.7 Å². The molecule has 0 aromatic heterocycles. The number of nitrogens with one attached hydrogen (secondary N) is 2. The first-order valence-corrected chi connectivity index (χ1v) is 9.13. The molecule has 2 atom stereocenters. The summed E-state index contributed by atoms with van der Waals surface area (Å²) in [6, 6.07) is 9.83. The fourth-order valence-corrected chi connectivity index (χ4v) is 2.61. The van der Waals surface area contributed by atoms with Gasteiger partial charge in [-0.25, -0.2) is 0 Å². The predicted molar refractivity (Wildman–Crippen MR) is 116 cm³/mol. The van der Waals surface area contributed by atoms with Crippen LogP contribution >= 0.6 is 24.0 Å². The van der Waals surface area contributed by atoms with Crippen molar-refractivity contribution in [1.29, 1.82) is 0 Å². The number of hydrogen-bond acceptors (Lipinski definition) is 4. The molecule has 0 saturated carbocycles. The smallest absolute Gasteiger partial charge is 0.191 e. The number of aliphatic imine (C=N–C) groups is 1. The number of guanidine groups is 1. The van der Waals surface area contributed by atoms with Crippen LogP contribution in [0.15, 0.2) is 35.3 Å². The lowest BCUT2D eigenvalue weighted by molar-refractivity contribution is 0.0168. The first-order valence-electron chi connectivity index (χ1n) is 9.13. The molecule has 0 bridgehead atoms. The number of hydrogen-bond donors (Lipinski definition) is 2. The van der Waals surface area contributed by atoms with Gasteiger partial charge in [0.2, 0.25) is 0 Å². The van der Waals surface area contributed by atoms with Gasteiger partial charge in [0, 0.05) is 26.8 Å². The average molecular weight is 477 g/mol. The predicted octanol–water partition coefficient (Wildman–Crippen LogP) is 2.82. The van der Waals surface area contributed by atoms with Crippen molar-refractivity contribution >= 4 is 29.9 Å². The molecule has 0 spiro atoms. The largest absolute Gasteiger partial charge is 0.489 e. The van der Waals surface area contributed by atoms with E-state index in [0.29, 0.717) is 19.3 Å². The Morgan fingerprint density at radius 1 is 1.31 bits per heavy atom. The van der Waals surface area contributed by atoms with Crippen LogP contribution in [0.25, 0.3) is 0 Å². The Labute approximate surface area is 174 Å². The minimum absolute atomic E-state index is 0. The van der Waals surface area contributed by atoms with E-state index in [9.17, 15) is 0 Å². The molecule has 2 rings (SSSR count). The van der Waals surface area contributed by atoms with Gasteiger partial charge in [0.15, 0.2) is 5.96 Å². The summed E-state index contributed by atoms with van der Waals surface area (Å²) in [7, 11) is 1.77. The molecule has 1 saturated heterocycles. The van der Waals surface area contributed by atoms with E-state index in [1.54, 1.807) is 7.05 Å². The van der Waals surface area contributed by atoms with Crippen molar-refractivity contribution in [3.8, 4) is 5.75 Å². The fourth-order valence-electron chi connectivity index (χ4n) is 2.61. The zero-order valence-corrected chi connectivity index (χ0v) is 18.1. The minimum Gasteiger partial charge on any atom is -0.489 e. The average Bonchev–Trinajstić information content (AvgIpc) is 3.15. The molecular weight excluding hydrogens is 445 g/mol. The van der Waals surface area contributed by atoms with Crippen LogP contribution in [0, 0.1) is 0 Å². The summed E-state index contributed by atoms with van der Waals surface area (Å²) >= 11 is 0. The highest BCUT2D eigenvalue weighted by atomic mass is 127. The molecule has 1 aromatic carbocycles. The van der Waals surface area contributed by atoms with Gasteiger partial charge in [0.1, 0.15) is 11.9 Å². The van der Waals surface area contributed by atoms with Crippen molar-refractivity contribution in [1.82, 2.24) is 10.6 Å². The van der Waals surface area contributed by atoms with Gasteiger partial charge >= 0.3 is 0 Å². The van der Waals surface area contributed by atoms with Crippen molar-refractivity contribution in [2.75, 3.05) is 40.0 Å². The lowest BCUT2D eigenvalue weighted by atomic mass is 10.2. The maximum absolute atomic E-state index is 5.84. The normalized spacial score (nSPS) is 18.1. The fraction of sp³-hybridized carbons (Fsp3) is 0.632. The minimum atomic E-state index is 0. The number of rotatable bonds is 10. The van der Waals surface area contributed by atoms with Crippen LogP contribution in [-0.4, -0.2) is 58.1 Å². The maximum Gasteiger partial charge on any atom is 0.191 e. The molecule has 1 aliphatic rings. The lowest BCUT2D eigenvalue weighted by Crippen LogP contribution is -2.42. The molecule has 0 aliphatic carbocycles. The van der Waals surface area contributed by atoms with Gasteiger partial charge in [-0.05, 0) is 38.3 Å². The Bertz CT molecular complexity index is 496. The number of ether oxygens (including phenoxy) is 3. The van der Waals surface area contributed by atoms with E-state index in [-0.39, 0.29) is 30.1 Å². The lowest BCUT2D eigenvalue weighted by Gasteiger charge is -2.17. The molecule has 1 fully saturated rings. The third kappa shape index (κ3) is 9.59. The summed E-state index contributed by atoms with van der Waals surface area (Å²) in [6.45, 7) is 5.86. The first kappa shape index (κ1) is 23.0. The Hall–Kier alpha value is -1.06. The second-order valence-corrected chi connectivity index (χ2v) is 6.18. The molecule has 26 heavy (non-hydrogen) atoms. The quantitative estimate of drug-likeness (QED) is 0.235. The summed E-state index contributed by atoms with van der Waals surface area (Å²) in [5, 5.41) is 6.57. The van der Waals surface area contributed by atoms with Gasteiger partial charge in [0.05, 0.1) is 19.3 Å². The molecule has 148 valence electrons. The second-order valence-electron chi connectivity index (χ2n) is 6.18. The highest BCUT2D eigenvalue weighted by Gasteiger charge is 2.14. The number of halogens is 1. The monoisotopic (exact) mass is 477 g/mol. The Kier molecular flexibility index (Phi) is 12.4. The summed E-state index contributed by atoms with van der Waals surface area (Å²) in [5.41, 5.74) is 0. The van der Waals surface area contributed by atoms with Crippen LogP contribution in [0.1, 0.15) is 26.2 Å². The molecule has 7 heteroatoms. The van der Waals surface area contributed by atoms with Crippen LogP contribution in [0.3, 0.4) is 0 Å². The zero-order valence-electron chi connectivity index (χ0n) is 15.8. The SMILES string of the molecule is CN=C(NCCCOCC1CCCO1)NCC(C)Oc1ccccc1.I. The van der Waals surface area contributed by atoms with Gasteiger partial charge in [-0.2, -0.15) is 0 Å². The number of benzene rings is 1. The Balaban J connectivity index is 0.00000338. The molecule has 1 aliphatic heterocycles. The first-order chi connectivity index (χ1) is 12.3. The molecule has 1 aromatic rings. The molecule has 2 N–H and O–H groups in total. The zero-order chi connectivity index (χ0) is 17.7. The van der Waals surface area contributed by atoms with E-state index in [1.165, 1.54) is 0 Å². The third-order valence-electron chi connectivity index (χ3n) is 3.95.